The highest BCUT2D eigenvalue weighted by molar-refractivity contribution is 7.52. The molecule has 2 aliphatic heterocycles. The third-order valence-electron chi connectivity index (χ3n) is 9.36. The van der Waals surface area contributed by atoms with E-state index in [9.17, 15) is 27.7 Å². The minimum Gasteiger partial charge on any atom is -0.340 e. The first-order chi connectivity index (χ1) is 23.1. The Kier molecular flexibility index (Phi) is 9.30. The van der Waals surface area contributed by atoms with Gasteiger partial charge in [-0.3, -0.25) is 18.9 Å². The number of carbonyl (C=O) groups is 3. The molecule has 3 heterocycles. The van der Waals surface area contributed by atoms with Gasteiger partial charge in [-0.2, -0.15) is 8.78 Å². The number of thiophene rings is 1. The van der Waals surface area contributed by atoms with E-state index in [0.717, 1.165) is 47.4 Å². The number of rotatable bonds is 7. The maximum Gasteiger partial charge on any atom is 0.399 e. The van der Waals surface area contributed by atoms with Crippen molar-refractivity contribution >= 4 is 46.7 Å². The first kappa shape index (κ1) is 34.9. The minimum absolute atomic E-state index is 0.131. The molecule has 1 fully saturated rings. The Morgan fingerprint density at radius 3 is 2.37 bits per heavy atom. The molecular weight excluding hydrogens is 671 g/mol. The Morgan fingerprint density at radius 2 is 1.67 bits per heavy atom. The Bertz CT molecular complexity index is 1960. The van der Waals surface area contributed by atoms with Crippen molar-refractivity contribution in [3.63, 3.8) is 0 Å². The summed E-state index contributed by atoms with van der Waals surface area (Å²) >= 11 is 1.00. The van der Waals surface area contributed by atoms with E-state index in [0.29, 0.717) is 17.8 Å². The van der Waals surface area contributed by atoms with Gasteiger partial charge in [-0.1, -0.05) is 81.4 Å². The van der Waals surface area contributed by atoms with E-state index in [4.69, 9.17) is 9.79 Å². The Balaban J connectivity index is 1.26. The number of carbonyl (C=O) groups excluding carboxylic acids is 3. The van der Waals surface area contributed by atoms with Gasteiger partial charge in [0, 0.05) is 35.8 Å². The second-order valence-electron chi connectivity index (χ2n) is 13.8. The zero-order valence-electron chi connectivity index (χ0n) is 27.3. The van der Waals surface area contributed by atoms with Crippen molar-refractivity contribution in [2.45, 2.75) is 63.8 Å². The molecule has 3 amide bonds. The van der Waals surface area contributed by atoms with Gasteiger partial charge in [0.05, 0.1) is 4.88 Å². The predicted molar refractivity (Wildman–Crippen MR) is 183 cm³/mol. The first-order valence-corrected chi connectivity index (χ1v) is 18.5. The van der Waals surface area contributed by atoms with Crippen LogP contribution in [-0.4, -0.2) is 56.4 Å². The molecule has 49 heavy (non-hydrogen) atoms. The lowest BCUT2D eigenvalue weighted by Gasteiger charge is -2.39. The molecule has 1 aromatic heterocycles. The number of hydrogen-bond donors (Lipinski definition) is 3. The van der Waals surface area contributed by atoms with Gasteiger partial charge in [0.25, 0.3) is 5.91 Å². The number of hydrogen-bond acceptors (Lipinski definition) is 5. The molecule has 0 unspecified atom stereocenters. The van der Waals surface area contributed by atoms with Crippen LogP contribution >= 0.6 is 18.9 Å². The van der Waals surface area contributed by atoms with Crippen molar-refractivity contribution in [2.75, 3.05) is 13.1 Å². The number of halogens is 2. The normalized spacial score (nSPS) is 19.1. The van der Waals surface area contributed by atoms with Gasteiger partial charge in [0.1, 0.15) is 12.1 Å². The average Bonchev–Trinajstić information content (AvgIpc) is 3.68. The summed E-state index contributed by atoms with van der Waals surface area (Å²) in [6, 6.07) is 20.2. The quantitative estimate of drug-likeness (QED) is 0.182. The number of nitrogens with one attached hydrogen (secondary N) is 1. The molecule has 3 aromatic carbocycles. The van der Waals surface area contributed by atoms with E-state index in [1.54, 1.807) is 4.90 Å². The van der Waals surface area contributed by atoms with Crippen molar-refractivity contribution in [3.8, 4) is 0 Å². The highest BCUT2D eigenvalue weighted by Crippen LogP contribution is 2.59. The van der Waals surface area contributed by atoms with Crippen LogP contribution in [0.25, 0.3) is 10.1 Å². The minimum atomic E-state index is -5.78. The Morgan fingerprint density at radius 1 is 0.980 bits per heavy atom. The highest BCUT2D eigenvalue weighted by Gasteiger charge is 2.50. The zero-order chi connectivity index (χ0) is 35.3. The standard InChI is InChI=1S/C36H38F2N3O6PS/c1-35(2,3)31(39-32(42)29-19-25-18-26(15-16-28(25)49-29)36(37,38)48(45,46)47)34(44)41-21-24-12-7-8-14-27(24)30(41)33(43)40-17-9-13-23(20-40)22-10-5-4-6-11-22/h4-8,10-12,14-16,18-19,23,30-31H,9,13,17,20-21H2,1-3H3,(H,39,42)(H2,45,46,47)/t23-,30-,31+/m0/s1. The molecular formula is C36H38F2N3O6PS. The third-order valence-corrected chi connectivity index (χ3v) is 11.5. The van der Waals surface area contributed by atoms with Crippen molar-refractivity contribution in [1.29, 1.82) is 0 Å². The third kappa shape index (κ3) is 6.79. The van der Waals surface area contributed by atoms with E-state index >= 15 is 0 Å². The summed E-state index contributed by atoms with van der Waals surface area (Å²) in [7, 11) is -5.78. The summed E-state index contributed by atoms with van der Waals surface area (Å²) in [6.45, 7) is 6.75. The smallest absolute Gasteiger partial charge is 0.340 e. The van der Waals surface area contributed by atoms with Gasteiger partial charge in [-0.05, 0) is 58.5 Å². The van der Waals surface area contributed by atoms with Gasteiger partial charge in [-0.15, -0.1) is 11.3 Å². The fraction of sp³-hybridized carbons (Fsp3) is 0.361. The molecule has 0 spiro atoms. The van der Waals surface area contributed by atoms with Gasteiger partial charge in [-0.25, -0.2) is 0 Å². The molecule has 1 saturated heterocycles. The number of piperidine rings is 1. The van der Waals surface area contributed by atoms with Gasteiger partial charge in [0.15, 0.2) is 0 Å². The van der Waals surface area contributed by atoms with Crippen LogP contribution in [0.4, 0.5) is 8.78 Å². The lowest BCUT2D eigenvalue weighted by Crippen LogP contribution is -2.56. The van der Waals surface area contributed by atoms with E-state index in [-0.39, 0.29) is 28.6 Å². The number of likely N-dealkylation sites (tertiary alicyclic amines) is 1. The summed E-state index contributed by atoms with van der Waals surface area (Å²) in [6.07, 6.45) is 1.79. The summed E-state index contributed by atoms with van der Waals surface area (Å²) in [5.74, 6) is -1.01. The first-order valence-electron chi connectivity index (χ1n) is 16.1. The summed E-state index contributed by atoms with van der Waals surface area (Å²) in [5, 5.41) is 3.06. The topological polar surface area (TPSA) is 127 Å². The molecule has 0 saturated carbocycles. The van der Waals surface area contributed by atoms with Crippen molar-refractivity contribution < 1.29 is 37.5 Å². The Hall–Kier alpha value is -3.96. The molecule has 0 radical (unpaired) electrons. The molecule has 9 nitrogen and oxygen atoms in total. The van der Waals surface area contributed by atoms with Crippen LogP contribution in [0.15, 0.2) is 78.9 Å². The Labute approximate surface area is 287 Å². The number of alkyl halides is 2. The van der Waals surface area contributed by atoms with Gasteiger partial charge in [0.2, 0.25) is 11.8 Å². The molecule has 13 heteroatoms. The summed E-state index contributed by atoms with van der Waals surface area (Å²) in [4.78, 5) is 64.4. The van der Waals surface area contributed by atoms with E-state index in [1.807, 2.05) is 68.1 Å². The molecule has 0 bridgehead atoms. The van der Waals surface area contributed by atoms with E-state index < -0.39 is 48.1 Å². The maximum atomic E-state index is 14.5. The van der Waals surface area contributed by atoms with Crippen molar-refractivity contribution in [2.24, 2.45) is 5.41 Å². The molecule has 2 aliphatic rings. The van der Waals surface area contributed by atoms with E-state index in [2.05, 4.69) is 17.4 Å². The lowest BCUT2D eigenvalue weighted by atomic mass is 9.85. The average molecular weight is 710 g/mol. The van der Waals surface area contributed by atoms with E-state index in [1.165, 1.54) is 17.7 Å². The lowest BCUT2D eigenvalue weighted by molar-refractivity contribution is -0.149. The van der Waals surface area contributed by atoms with Crippen LogP contribution in [-0.2, 0) is 26.4 Å². The maximum absolute atomic E-state index is 14.5. The van der Waals surface area contributed by atoms with Crippen molar-refractivity contribution in [1.82, 2.24) is 15.1 Å². The molecule has 0 aliphatic carbocycles. The van der Waals surface area contributed by atoms with Crippen LogP contribution in [0.1, 0.15) is 77.5 Å². The van der Waals surface area contributed by atoms with Gasteiger partial charge >= 0.3 is 13.3 Å². The summed E-state index contributed by atoms with van der Waals surface area (Å²) in [5.41, 5.74) is -3.26. The molecule has 4 aromatic rings. The second kappa shape index (κ2) is 13.1. The number of nitrogens with zero attached hydrogens (tertiary/aromatic N) is 2. The van der Waals surface area contributed by atoms with Crippen LogP contribution in [0.3, 0.4) is 0 Å². The number of amides is 3. The molecule has 3 atom stereocenters. The second-order valence-corrected chi connectivity index (χ2v) is 16.6. The molecule has 258 valence electrons. The van der Waals surface area contributed by atoms with Crippen LogP contribution in [0.2, 0.25) is 0 Å². The highest BCUT2D eigenvalue weighted by atomic mass is 32.1. The monoisotopic (exact) mass is 709 g/mol. The number of fused-ring (bicyclic) bond motifs is 2. The SMILES string of the molecule is CC(C)(C)[C@H](NC(=O)c1cc2cc(C(F)(F)P(=O)(O)O)ccc2s1)C(=O)N1Cc2ccccc2[C@H]1C(=O)N1CCC[C@H](c2ccccc2)C1. The molecule has 3 N–H and O–H groups in total. The van der Waals surface area contributed by atoms with Crippen LogP contribution in [0, 0.1) is 5.41 Å². The fourth-order valence-corrected chi connectivity index (χ4v) is 8.16. The van der Waals surface area contributed by atoms with Crippen molar-refractivity contribution in [3.05, 3.63) is 106 Å². The largest absolute Gasteiger partial charge is 0.399 e. The van der Waals surface area contributed by atoms with Crippen LogP contribution in [0.5, 0.6) is 0 Å². The number of benzene rings is 3. The van der Waals surface area contributed by atoms with Crippen LogP contribution < -0.4 is 5.32 Å². The predicted octanol–water partition coefficient (Wildman–Crippen LogP) is 6.76. The zero-order valence-corrected chi connectivity index (χ0v) is 29.0. The fourth-order valence-electron chi connectivity index (χ4n) is 6.73. The summed E-state index contributed by atoms with van der Waals surface area (Å²) < 4.78 is 40.6. The van der Waals surface area contributed by atoms with Gasteiger partial charge < -0.3 is 24.9 Å². The molecule has 6 rings (SSSR count).